The number of anilines is 1. The molecule has 3 heterocycles. The standard InChI is InChI=1S/C21H20N8/c1-5-28(6-2)15-7-8-16(14(3)11-15)26-19-20(22-4)27-29-18(13-25-21(19)29)17-12-23-9-10-24-17/h7-13H,5-6H2,1-3H3/b26-19-. The smallest absolute Gasteiger partial charge is 0.323 e. The molecule has 1 aliphatic rings. The first-order valence-electron chi connectivity index (χ1n) is 9.41. The second-order valence-corrected chi connectivity index (χ2v) is 6.51. The third-order valence-corrected chi connectivity index (χ3v) is 4.83. The number of aliphatic imine (C=N–C) groups is 1. The average molecular weight is 384 g/mol. The van der Waals surface area contributed by atoms with Crippen molar-refractivity contribution in [2.45, 2.75) is 20.8 Å². The number of nitrogens with zero attached hydrogens (tertiary/aromatic N) is 8. The van der Waals surface area contributed by atoms with E-state index in [9.17, 15) is 0 Å². The lowest BCUT2D eigenvalue weighted by Crippen LogP contribution is -2.21. The molecule has 0 atom stereocenters. The van der Waals surface area contributed by atoms with Crippen LogP contribution in [0.25, 0.3) is 16.2 Å². The molecule has 8 nitrogen and oxygen atoms in total. The number of aromatic nitrogens is 4. The van der Waals surface area contributed by atoms with Gasteiger partial charge in [0.1, 0.15) is 17.1 Å². The van der Waals surface area contributed by atoms with Gasteiger partial charge in [0.2, 0.25) is 0 Å². The Morgan fingerprint density at radius 1 is 1.14 bits per heavy atom. The molecule has 0 radical (unpaired) electrons. The summed E-state index contributed by atoms with van der Waals surface area (Å²) < 4.78 is 1.61. The highest BCUT2D eigenvalue weighted by Gasteiger charge is 2.30. The van der Waals surface area contributed by atoms with Gasteiger partial charge in [-0.1, -0.05) is 6.57 Å². The molecule has 1 aliphatic heterocycles. The van der Waals surface area contributed by atoms with Crippen molar-refractivity contribution in [3.8, 4) is 11.4 Å². The van der Waals surface area contributed by atoms with Gasteiger partial charge < -0.3 is 9.74 Å². The van der Waals surface area contributed by atoms with Gasteiger partial charge in [-0.15, -0.1) is 4.68 Å². The molecule has 0 unspecified atom stereocenters. The number of rotatable bonds is 5. The van der Waals surface area contributed by atoms with Crippen LogP contribution in [0, 0.1) is 13.5 Å². The fraction of sp³-hybridized carbons (Fsp3) is 0.238. The molecule has 0 aliphatic carbocycles. The molecule has 0 amide bonds. The van der Waals surface area contributed by atoms with Crippen LogP contribution < -0.4 is 4.90 Å². The summed E-state index contributed by atoms with van der Waals surface area (Å²) in [5.41, 5.74) is 4.77. The zero-order chi connectivity index (χ0) is 20.4. The maximum atomic E-state index is 7.52. The third-order valence-electron chi connectivity index (χ3n) is 4.83. The van der Waals surface area contributed by atoms with Gasteiger partial charge in [0.05, 0.1) is 18.1 Å². The molecule has 3 aromatic rings. The molecule has 0 bridgehead atoms. The van der Waals surface area contributed by atoms with Crippen LogP contribution in [-0.2, 0) is 0 Å². The second-order valence-electron chi connectivity index (χ2n) is 6.51. The normalized spacial score (nSPS) is 13.9. The fourth-order valence-corrected chi connectivity index (χ4v) is 3.30. The van der Waals surface area contributed by atoms with Gasteiger partial charge in [-0.05, 0) is 49.6 Å². The lowest BCUT2D eigenvalue weighted by molar-refractivity contribution is 0.865. The molecule has 0 fully saturated rings. The van der Waals surface area contributed by atoms with Crippen molar-refractivity contribution in [2.75, 3.05) is 18.0 Å². The van der Waals surface area contributed by atoms with Gasteiger partial charge in [0.15, 0.2) is 5.82 Å². The van der Waals surface area contributed by atoms with E-state index in [0.29, 0.717) is 22.9 Å². The van der Waals surface area contributed by atoms with Gasteiger partial charge in [-0.3, -0.25) is 15.0 Å². The average Bonchev–Trinajstić information content (AvgIpc) is 3.31. The second kappa shape index (κ2) is 7.64. The summed E-state index contributed by atoms with van der Waals surface area (Å²) in [5, 5.41) is 4.40. The topological polar surface area (TPSA) is 75.9 Å². The molecule has 2 aromatic heterocycles. The van der Waals surface area contributed by atoms with Crippen molar-refractivity contribution in [3.05, 3.63) is 65.8 Å². The molecule has 4 rings (SSSR count). The van der Waals surface area contributed by atoms with E-state index in [1.807, 2.05) is 13.0 Å². The summed E-state index contributed by atoms with van der Waals surface area (Å²) in [4.78, 5) is 23.4. The lowest BCUT2D eigenvalue weighted by atomic mass is 10.1. The molecule has 1 aromatic carbocycles. The predicted octanol–water partition coefficient (Wildman–Crippen LogP) is 3.71. The van der Waals surface area contributed by atoms with E-state index in [-0.39, 0.29) is 5.84 Å². The first-order valence-corrected chi connectivity index (χ1v) is 9.41. The van der Waals surface area contributed by atoms with Crippen molar-refractivity contribution in [1.29, 1.82) is 0 Å². The van der Waals surface area contributed by atoms with Crippen LogP contribution >= 0.6 is 0 Å². The Hall–Kier alpha value is -3.86. The summed E-state index contributed by atoms with van der Waals surface area (Å²) in [6.07, 6.45) is 6.54. The Balaban J connectivity index is 1.76. The monoisotopic (exact) mass is 384 g/mol. The fourth-order valence-electron chi connectivity index (χ4n) is 3.30. The lowest BCUT2D eigenvalue weighted by Gasteiger charge is -2.21. The van der Waals surface area contributed by atoms with E-state index in [1.54, 1.807) is 29.5 Å². The molecule has 144 valence electrons. The Kier molecular flexibility index (Phi) is 4.87. The summed E-state index contributed by atoms with van der Waals surface area (Å²) >= 11 is 0. The summed E-state index contributed by atoms with van der Waals surface area (Å²) in [6.45, 7) is 15.7. The number of fused-ring (bicyclic) bond motifs is 1. The highest BCUT2D eigenvalue weighted by Crippen LogP contribution is 2.28. The Bertz CT molecular complexity index is 1150. The molecule has 0 saturated carbocycles. The molecule has 29 heavy (non-hydrogen) atoms. The van der Waals surface area contributed by atoms with Crippen LogP contribution in [0.5, 0.6) is 0 Å². The van der Waals surface area contributed by atoms with Crippen LogP contribution in [0.3, 0.4) is 0 Å². The van der Waals surface area contributed by atoms with E-state index in [1.165, 1.54) is 0 Å². The minimum atomic E-state index is 0.213. The maximum absolute atomic E-state index is 7.52. The van der Waals surface area contributed by atoms with E-state index in [4.69, 9.17) is 11.6 Å². The van der Waals surface area contributed by atoms with E-state index in [0.717, 1.165) is 30.0 Å². The van der Waals surface area contributed by atoms with Crippen LogP contribution in [0.1, 0.15) is 25.2 Å². The first-order chi connectivity index (χ1) is 14.2. The van der Waals surface area contributed by atoms with E-state index in [2.05, 4.69) is 55.8 Å². The third kappa shape index (κ3) is 3.27. The quantitative estimate of drug-likeness (QED) is 0.629. The van der Waals surface area contributed by atoms with Gasteiger partial charge in [-0.2, -0.15) is 0 Å². The van der Waals surface area contributed by atoms with E-state index < -0.39 is 0 Å². The number of amidine groups is 1. The Morgan fingerprint density at radius 3 is 2.62 bits per heavy atom. The Labute approximate surface area is 169 Å². The van der Waals surface area contributed by atoms with Crippen molar-refractivity contribution >= 4 is 22.9 Å². The van der Waals surface area contributed by atoms with E-state index >= 15 is 0 Å². The summed E-state index contributed by atoms with van der Waals surface area (Å²) in [5.74, 6) is 0.745. The van der Waals surface area contributed by atoms with Crippen molar-refractivity contribution in [3.63, 3.8) is 0 Å². The number of hydrogen-bond acceptors (Lipinski definition) is 6. The van der Waals surface area contributed by atoms with Crippen LogP contribution in [0.15, 0.2) is 53.1 Å². The predicted molar refractivity (Wildman–Crippen MR) is 114 cm³/mol. The number of benzene rings is 1. The van der Waals surface area contributed by atoms with Crippen molar-refractivity contribution < 1.29 is 0 Å². The zero-order valence-electron chi connectivity index (χ0n) is 16.5. The van der Waals surface area contributed by atoms with Crippen LogP contribution in [0.2, 0.25) is 0 Å². The SMILES string of the molecule is [C-]#[N+]C1=Nn2c(-c3cnccn3)cnc2/C1=N\c1ccc(N(CC)CC)cc1C. The molecule has 0 spiro atoms. The molecule has 0 saturated heterocycles. The highest BCUT2D eigenvalue weighted by atomic mass is 15.4. The van der Waals surface area contributed by atoms with Gasteiger partial charge in [-0.25, -0.2) is 4.98 Å². The minimum Gasteiger partial charge on any atom is -0.372 e. The molecular formula is C21H20N8. The zero-order valence-corrected chi connectivity index (χ0v) is 16.5. The number of aryl methyl sites for hydroxylation is 1. The van der Waals surface area contributed by atoms with Gasteiger partial charge >= 0.3 is 5.84 Å². The minimum absolute atomic E-state index is 0.213. The van der Waals surface area contributed by atoms with Crippen LogP contribution in [-0.4, -0.2) is 44.3 Å². The molecular weight excluding hydrogens is 364 g/mol. The van der Waals surface area contributed by atoms with Crippen LogP contribution in [0.4, 0.5) is 11.4 Å². The van der Waals surface area contributed by atoms with Gasteiger partial charge in [0.25, 0.3) is 0 Å². The highest BCUT2D eigenvalue weighted by molar-refractivity contribution is 6.51. The molecule has 0 N–H and O–H groups in total. The number of hydrogen-bond donors (Lipinski definition) is 0. The number of imidazole rings is 1. The Morgan fingerprint density at radius 2 is 1.97 bits per heavy atom. The molecule has 8 heteroatoms. The van der Waals surface area contributed by atoms with Crippen molar-refractivity contribution in [2.24, 2.45) is 10.1 Å². The first kappa shape index (κ1) is 18.5. The summed E-state index contributed by atoms with van der Waals surface area (Å²) in [6, 6.07) is 6.15. The van der Waals surface area contributed by atoms with Gasteiger partial charge in [0, 0.05) is 31.2 Å². The summed E-state index contributed by atoms with van der Waals surface area (Å²) in [7, 11) is 0. The largest absolute Gasteiger partial charge is 0.372 e. The maximum Gasteiger partial charge on any atom is 0.323 e. The van der Waals surface area contributed by atoms with Crippen molar-refractivity contribution in [1.82, 2.24) is 19.6 Å².